The molecule has 2 N–H and O–H groups in total. The molecule has 1 saturated heterocycles. The number of nitro groups is 1. The van der Waals surface area contributed by atoms with Crippen molar-refractivity contribution in [3.05, 3.63) is 15.8 Å². The van der Waals surface area contributed by atoms with Gasteiger partial charge in [0.1, 0.15) is 5.69 Å². The summed E-state index contributed by atoms with van der Waals surface area (Å²) in [6, 6.07) is 0. The van der Waals surface area contributed by atoms with Gasteiger partial charge in [-0.25, -0.2) is 4.98 Å². The van der Waals surface area contributed by atoms with Crippen LogP contribution < -0.4 is 5.73 Å². The molecule has 1 fully saturated rings. The molecular weight excluding hydrogens is 256 g/mol. The van der Waals surface area contributed by atoms with Crippen LogP contribution in [-0.4, -0.2) is 33.4 Å². The van der Waals surface area contributed by atoms with Gasteiger partial charge in [0.15, 0.2) is 5.03 Å². The van der Waals surface area contributed by atoms with Gasteiger partial charge >= 0.3 is 5.69 Å². The van der Waals surface area contributed by atoms with Crippen LogP contribution in [0, 0.1) is 17.0 Å². The lowest BCUT2D eigenvalue weighted by atomic mass is 10.2. The van der Waals surface area contributed by atoms with Crippen molar-refractivity contribution in [1.29, 1.82) is 0 Å². The summed E-state index contributed by atoms with van der Waals surface area (Å²) in [5, 5.41) is 11.7. The summed E-state index contributed by atoms with van der Waals surface area (Å²) in [6.45, 7) is 2.94. The van der Waals surface area contributed by atoms with E-state index < -0.39 is 4.92 Å². The van der Waals surface area contributed by atoms with Gasteiger partial charge in [-0.1, -0.05) is 11.8 Å². The molecule has 0 bridgehead atoms. The third-order valence-corrected chi connectivity index (χ3v) is 3.99. The minimum Gasteiger partial charge on any atom is -0.381 e. The van der Waals surface area contributed by atoms with E-state index in [9.17, 15) is 10.1 Å². The quantitative estimate of drug-likeness (QED) is 0.504. The highest BCUT2D eigenvalue weighted by Crippen LogP contribution is 2.35. The Kier molecular flexibility index (Phi) is 3.97. The van der Waals surface area contributed by atoms with Crippen molar-refractivity contribution >= 4 is 23.4 Å². The molecule has 0 spiro atoms. The lowest BCUT2D eigenvalue weighted by Gasteiger charge is -2.20. The van der Waals surface area contributed by atoms with Gasteiger partial charge in [-0.15, -0.1) is 0 Å². The maximum absolute atomic E-state index is 11.0. The second-order valence-electron chi connectivity index (χ2n) is 4.01. The lowest BCUT2D eigenvalue weighted by molar-refractivity contribution is -0.389. The molecule has 7 nitrogen and oxygen atoms in total. The maximum atomic E-state index is 11.0. The molecule has 0 atom stereocenters. The van der Waals surface area contributed by atoms with Gasteiger partial charge in [-0.3, -0.25) is 10.1 Å². The van der Waals surface area contributed by atoms with Gasteiger partial charge in [0, 0.05) is 18.5 Å². The number of nitrogen functional groups attached to an aromatic ring is 1. The number of nitrogens with zero attached hydrogens (tertiary/aromatic N) is 3. The summed E-state index contributed by atoms with van der Waals surface area (Å²) < 4.78 is 5.26. The monoisotopic (exact) mass is 270 g/mol. The second-order valence-corrected chi connectivity index (χ2v) is 5.30. The van der Waals surface area contributed by atoms with Crippen LogP contribution in [-0.2, 0) is 4.74 Å². The fourth-order valence-electron chi connectivity index (χ4n) is 1.81. The van der Waals surface area contributed by atoms with Crippen molar-refractivity contribution < 1.29 is 9.66 Å². The molecule has 1 aromatic heterocycles. The van der Waals surface area contributed by atoms with Crippen LogP contribution in [0.15, 0.2) is 5.03 Å². The highest BCUT2D eigenvalue weighted by atomic mass is 32.2. The summed E-state index contributed by atoms with van der Waals surface area (Å²) in [6.07, 6.45) is 1.73. The van der Waals surface area contributed by atoms with Crippen LogP contribution in [0.25, 0.3) is 0 Å². The standard InChI is InChI=1S/C10H14N4O3S/c1-6-8(14(15)16)9(13-10(11)12-6)18-7-2-4-17-5-3-7/h7H,2-5H2,1H3,(H2,11,12,13). The normalized spacial score (nSPS) is 16.7. The third kappa shape index (κ3) is 2.88. The Morgan fingerprint density at radius 1 is 1.44 bits per heavy atom. The second kappa shape index (κ2) is 5.49. The van der Waals surface area contributed by atoms with Crippen molar-refractivity contribution in [3.8, 4) is 0 Å². The summed E-state index contributed by atoms with van der Waals surface area (Å²) >= 11 is 1.40. The first-order chi connectivity index (χ1) is 8.58. The topological polar surface area (TPSA) is 104 Å². The minimum absolute atomic E-state index is 0.0410. The van der Waals surface area contributed by atoms with Gasteiger partial charge < -0.3 is 10.5 Å². The first-order valence-electron chi connectivity index (χ1n) is 5.61. The van der Waals surface area contributed by atoms with Crippen molar-refractivity contribution in [1.82, 2.24) is 9.97 Å². The van der Waals surface area contributed by atoms with E-state index in [4.69, 9.17) is 10.5 Å². The molecular formula is C10H14N4O3S. The Hall–Kier alpha value is -1.41. The first kappa shape index (κ1) is 13.0. The van der Waals surface area contributed by atoms with Crippen molar-refractivity contribution in [2.75, 3.05) is 18.9 Å². The molecule has 0 aliphatic carbocycles. The third-order valence-electron chi connectivity index (χ3n) is 2.67. The molecule has 0 radical (unpaired) electrons. The van der Waals surface area contributed by atoms with Crippen molar-refractivity contribution in [2.45, 2.75) is 30.0 Å². The smallest absolute Gasteiger partial charge is 0.322 e. The molecule has 2 rings (SSSR count). The Morgan fingerprint density at radius 2 is 2.11 bits per heavy atom. The molecule has 98 valence electrons. The molecule has 8 heteroatoms. The van der Waals surface area contributed by atoms with Gasteiger partial charge in [0.2, 0.25) is 5.95 Å². The van der Waals surface area contributed by atoms with Crippen LogP contribution in [0.2, 0.25) is 0 Å². The minimum atomic E-state index is -0.448. The fraction of sp³-hybridized carbons (Fsp3) is 0.600. The fourth-order valence-corrected chi connectivity index (χ4v) is 3.03. The zero-order valence-corrected chi connectivity index (χ0v) is 10.8. The predicted molar refractivity (Wildman–Crippen MR) is 67.5 cm³/mol. The van der Waals surface area contributed by atoms with E-state index in [2.05, 4.69) is 9.97 Å². The van der Waals surface area contributed by atoms with E-state index in [-0.39, 0.29) is 16.9 Å². The largest absolute Gasteiger partial charge is 0.381 e. The molecule has 0 unspecified atom stereocenters. The number of hydrogen-bond acceptors (Lipinski definition) is 7. The number of thioether (sulfide) groups is 1. The molecule has 18 heavy (non-hydrogen) atoms. The Balaban J connectivity index is 2.27. The zero-order chi connectivity index (χ0) is 13.1. The number of aromatic nitrogens is 2. The number of rotatable bonds is 3. The average Bonchev–Trinajstić information content (AvgIpc) is 2.28. The van der Waals surface area contributed by atoms with Gasteiger partial charge in [-0.05, 0) is 19.8 Å². The van der Waals surface area contributed by atoms with E-state index in [1.807, 2.05) is 0 Å². The number of hydrogen-bond donors (Lipinski definition) is 1. The molecule has 1 aliphatic rings. The van der Waals surface area contributed by atoms with Crippen LogP contribution in [0.5, 0.6) is 0 Å². The van der Waals surface area contributed by atoms with E-state index in [1.165, 1.54) is 11.8 Å². The Labute approximate surface area is 108 Å². The van der Waals surface area contributed by atoms with E-state index in [0.29, 0.717) is 23.9 Å². The van der Waals surface area contributed by atoms with E-state index in [0.717, 1.165) is 12.8 Å². The van der Waals surface area contributed by atoms with Crippen molar-refractivity contribution in [2.24, 2.45) is 0 Å². The molecule has 1 aliphatic heterocycles. The summed E-state index contributed by atoms with van der Waals surface area (Å²) in [7, 11) is 0. The SMILES string of the molecule is Cc1nc(N)nc(SC2CCOCC2)c1[N+](=O)[O-]. The van der Waals surface area contributed by atoms with Crippen LogP contribution in [0.3, 0.4) is 0 Å². The first-order valence-corrected chi connectivity index (χ1v) is 6.49. The zero-order valence-electron chi connectivity index (χ0n) is 9.96. The molecule has 0 amide bonds. The van der Waals surface area contributed by atoms with Crippen LogP contribution in [0.4, 0.5) is 11.6 Å². The molecule has 2 heterocycles. The molecule has 1 aromatic rings. The molecule has 0 saturated carbocycles. The van der Waals surface area contributed by atoms with Gasteiger partial charge in [0.25, 0.3) is 0 Å². The number of nitrogens with two attached hydrogens (primary N) is 1. The predicted octanol–water partition coefficient (Wildman–Crippen LogP) is 1.55. The number of anilines is 1. The number of ether oxygens (including phenoxy) is 1. The highest BCUT2D eigenvalue weighted by Gasteiger charge is 2.25. The highest BCUT2D eigenvalue weighted by molar-refractivity contribution is 8.00. The molecule has 0 aromatic carbocycles. The Morgan fingerprint density at radius 3 is 2.72 bits per heavy atom. The number of aryl methyl sites for hydroxylation is 1. The Bertz CT molecular complexity index is 463. The van der Waals surface area contributed by atoms with Gasteiger partial charge in [0.05, 0.1) is 4.92 Å². The maximum Gasteiger partial charge on any atom is 0.322 e. The summed E-state index contributed by atoms with van der Waals surface area (Å²) in [5.41, 5.74) is 5.82. The summed E-state index contributed by atoms with van der Waals surface area (Å²) in [4.78, 5) is 18.4. The average molecular weight is 270 g/mol. The van der Waals surface area contributed by atoms with E-state index in [1.54, 1.807) is 6.92 Å². The summed E-state index contributed by atoms with van der Waals surface area (Å²) in [5.74, 6) is 0.0765. The van der Waals surface area contributed by atoms with Crippen LogP contribution in [0.1, 0.15) is 18.5 Å². The van der Waals surface area contributed by atoms with Gasteiger partial charge in [-0.2, -0.15) is 4.98 Å². The van der Waals surface area contributed by atoms with E-state index >= 15 is 0 Å². The van der Waals surface area contributed by atoms with Crippen LogP contribution >= 0.6 is 11.8 Å². The van der Waals surface area contributed by atoms with Crippen molar-refractivity contribution in [3.63, 3.8) is 0 Å². The lowest BCUT2D eigenvalue weighted by Crippen LogP contribution is -2.18.